The van der Waals surface area contributed by atoms with Gasteiger partial charge >= 0.3 is 0 Å². The molecule has 0 bridgehead atoms. The molecule has 2 amide bonds. The maximum atomic E-state index is 12.2. The van der Waals surface area contributed by atoms with Crippen molar-refractivity contribution in [3.63, 3.8) is 0 Å². The van der Waals surface area contributed by atoms with Crippen LogP contribution in [0.1, 0.15) is 39.8 Å². The zero-order chi connectivity index (χ0) is 17.5. The van der Waals surface area contributed by atoms with E-state index < -0.39 is 11.5 Å². The summed E-state index contributed by atoms with van der Waals surface area (Å²) >= 11 is 0. The molecular formula is C17H28N4O2. The molecule has 0 spiro atoms. The van der Waals surface area contributed by atoms with Gasteiger partial charge in [-0.25, -0.2) is 4.98 Å². The third kappa shape index (κ3) is 6.26. The van der Waals surface area contributed by atoms with Crippen molar-refractivity contribution in [3.8, 4) is 0 Å². The second-order valence-electron chi connectivity index (χ2n) is 6.47. The van der Waals surface area contributed by atoms with Crippen LogP contribution in [-0.2, 0) is 16.0 Å². The molecule has 0 aliphatic carbocycles. The van der Waals surface area contributed by atoms with Crippen molar-refractivity contribution in [2.24, 2.45) is 5.41 Å². The number of nitrogens with one attached hydrogen (secondary N) is 3. The lowest BCUT2D eigenvalue weighted by Gasteiger charge is -2.23. The van der Waals surface area contributed by atoms with Crippen LogP contribution in [0, 0.1) is 5.41 Å². The molecule has 0 fully saturated rings. The molecule has 3 N–H and O–H groups in total. The van der Waals surface area contributed by atoms with Crippen LogP contribution >= 0.6 is 0 Å². The predicted octanol–water partition coefficient (Wildman–Crippen LogP) is 1.72. The van der Waals surface area contributed by atoms with E-state index in [-0.39, 0.29) is 11.8 Å². The quantitative estimate of drug-likeness (QED) is 0.714. The molecule has 6 nitrogen and oxygen atoms in total. The average Bonchev–Trinajstić information content (AvgIpc) is 2.50. The van der Waals surface area contributed by atoms with Crippen LogP contribution < -0.4 is 16.0 Å². The number of amides is 2. The van der Waals surface area contributed by atoms with Gasteiger partial charge in [-0.15, -0.1) is 0 Å². The highest BCUT2D eigenvalue weighted by Crippen LogP contribution is 2.14. The summed E-state index contributed by atoms with van der Waals surface area (Å²) < 4.78 is 0. The number of anilines is 1. The van der Waals surface area contributed by atoms with Gasteiger partial charge in [0.1, 0.15) is 11.9 Å². The fourth-order valence-corrected chi connectivity index (χ4v) is 1.99. The first-order valence-corrected chi connectivity index (χ1v) is 8.00. The normalized spacial score (nSPS) is 12.4. The van der Waals surface area contributed by atoms with Crippen LogP contribution in [0.25, 0.3) is 0 Å². The molecule has 0 unspecified atom stereocenters. The lowest BCUT2D eigenvalue weighted by molar-refractivity contribution is -0.133. The number of pyridine rings is 1. The average molecular weight is 320 g/mol. The van der Waals surface area contributed by atoms with Crippen molar-refractivity contribution in [1.82, 2.24) is 15.6 Å². The van der Waals surface area contributed by atoms with Crippen molar-refractivity contribution in [2.75, 3.05) is 18.9 Å². The van der Waals surface area contributed by atoms with Gasteiger partial charge in [0.2, 0.25) is 11.8 Å². The summed E-state index contributed by atoms with van der Waals surface area (Å²) in [6.45, 7) is 7.88. The minimum Gasteiger partial charge on any atom is -0.373 e. The zero-order valence-electron chi connectivity index (χ0n) is 14.7. The van der Waals surface area contributed by atoms with Crippen LogP contribution in [0.3, 0.4) is 0 Å². The molecule has 0 saturated carbocycles. The number of rotatable bonds is 7. The predicted molar refractivity (Wildman–Crippen MR) is 92.2 cm³/mol. The van der Waals surface area contributed by atoms with Crippen molar-refractivity contribution < 1.29 is 9.59 Å². The molecule has 0 radical (unpaired) electrons. The fraction of sp³-hybridized carbons (Fsp3) is 0.588. The number of hydrogen-bond donors (Lipinski definition) is 3. The zero-order valence-corrected chi connectivity index (χ0v) is 14.7. The van der Waals surface area contributed by atoms with E-state index in [0.717, 1.165) is 11.5 Å². The Bertz CT molecular complexity index is 538. The van der Waals surface area contributed by atoms with Gasteiger partial charge in [0.15, 0.2) is 0 Å². The Morgan fingerprint density at radius 3 is 2.52 bits per heavy atom. The summed E-state index contributed by atoms with van der Waals surface area (Å²) in [5.41, 5.74) is 0.353. The number of nitrogens with zero attached hydrogens (tertiary/aromatic N) is 1. The minimum absolute atomic E-state index is 0.134. The minimum atomic E-state index is -0.554. The molecule has 1 atom stereocenters. The molecule has 1 aromatic rings. The van der Waals surface area contributed by atoms with Crippen molar-refractivity contribution in [1.29, 1.82) is 0 Å². The van der Waals surface area contributed by atoms with Gasteiger partial charge in [-0.2, -0.15) is 0 Å². The topological polar surface area (TPSA) is 83.1 Å². The van der Waals surface area contributed by atoms with Gasteiger partial charge in [0.25, 0.3) is 0 Å². The summed E-state index contributed by atoms with van der Waals surface area (Å²) in [6, 6.07) is 5.16. The first-order chi connectivity index (χ1) is 10.8. The lowest BCUT2D eigenvalue weighted by atomic mass is 9.94. The van der Waals surface area contributed by atoms with Crippen LogP contribution in [0.4, 0.5) is 5.82 Å². The SMILES string of the molecule is CCNC(=O)[C@H](CCc1cccc(NC)n1)NC(=O)C(C)(C)C. The summed E-state index contributed by atoms with van der Waals surface area (Å²) in [5.74, 6) is 0.497. The number of aromatic nitrogens is 1. The third-order valence-electron chi connectivity index (χ3n) is 3.41. The van der Waals surface area contributed by atoms with Crippen LogP contribution in [0.2, 0.25) is 0 Å². The number of carbonyl (C=O) groups is 2. The van der Waals surface area contributed by atoms with E-state index in [1.54, 1.807) is 0 Å². The van der Waals surface area contributed by atoms with E-state index in [1.807, 2.05) is 52.9 Å². The van der Waals surface area contributed by atoms with E-state index >= 15 is 0 Å². The number of hydrogen-bond acceptors (Lipinski definition) is 4. The molecule has 0 aliphatic rings. The van der Waals surface area contributed by atoms with E-state index in [4.69, 9.17) is 0 Å². The molecule has 1 heterocycles. The second kappa shape index (κ2) is 8.50. The van der Waals surface area contributed by atoms with E-state index in [0.29, 0.717) is 19.4 Å². The van der Waals surface area contributed by atoms with Gasteiger partial charge < -0.3 is 16.0 Å². The Morgan fingerprint density at radius 2 is 1.96 bits per heavy atom. The molecule has 0 saturated heterocycles. The van der Waals surface area contributed by atoms with Gasteiger partial charge in [0, 0.05) is 24.7 Å². The molecular weight excluding hydrogens is 292 g/mol. The Hall–Kier alpha value is -2.11. The third-order valence-corrected chi connectivity index (χ3v) is 3.41. The van der Waals surface area contributed by atoms with Crippen LogP contribution in [0.15, 0.2) is 18.2 Å². The standard InChI is InChI=1S/C17H28N4O2/c1-6-19-15(22)13(21-16(23)17(2,3)4)11-10-12-8-7-9-14(18-5)20-12/h7-9,13H,6,10-11H2,1-5H3,(H,18,20)(H,19,22)(H,21,23)/t13-/m0/s1. The Labute approximate surface area is 138 Å². The monoisotopic (exact) mass is 320 g/mol. The molecule has 1 aromatic heterocycles. The van der Waals surface area contributed by atoms with Crippen molar-refractivity contribution in [2.45, 2.75) is 46.6 Å². The summed E-state index contributed by atoms with van der Waals surface area (Å²) in [6.07, 6.45) is 1.12. The van der Waals surface area contributed by atoms with Crippen molar-refractivity contribution >= 4 is 17.6 Å². The van der Waals surface area contributed by atoms with E-state index in [1.165, 1.54) is 0 Å². The summed E-state index contributed by atoms with van der Waals surface area (Å²) in [7, 11) is 1.81. The largest absolute Gasteiger partial charge is 0.373 e. The van der Waals surface area contributed by atoms with Gasteiger partial charge in [-0.05, 0) is 31.9 Å². The first-order valence-electron chi connectivity index (χ1n) is 8.00. The summed E-state index contributed by atoms with van der Waals surface area (Å²) in [4.78, 5) is 28.8. The highest BCUT2D eigenvalue weighted by atomic mass is 16.2. The highest BCUT2D eigenvalue weighted by Gasteiger charge is 2.27. The number of likely N-dealkylation sites (N-methyl/N-ethyl adjacent to an activating group) is 1. The number of carbonyl (C=O) groups excluding carboxylic acids is 2. The Kier molecular flexibility index (Phi) is 7.00. The van der Waals surface area contributed by atoms with Gasteiger partial charge in [-0.1, -0.05) is 26.8 Å². The highest BCUT2D eigenvalue weighted by molar-refractivity contribution is 5.89. The smallest absolute Gasteiger partial charge is 0.242 e. The molecule has 1 rings (SSSR count). The second-order valence-corrected chi connectivity index (χ2v) is 6.47. The van der Waals surface area contributed by atoms with E-state index in [2.05, 4.69) is 20.9 Å². The molecule has 0 aromatic carbocycles. The lowest BCUT2D eigenvalue weighted by Crippen LogP contribution is -2.50. The Balaban J connectivity index is 2.76. The Morgan fingerprint density at radius 1 is 1.26 bits per heavy atom. The molecule has 6 heteroatoms. The maximum Gasteiger partial charge on any atom is 0.242 e. The maximum absolute atomic E-state index is 12.2. The molecule has 128 valence electrons. The van der Waals surface area contributed by atoms with E-state index in [9.17, 15) is 9.59 Å². The molecule has 23 heavy (non-hydrogen) atoms. The van der Waals surface area contributed by atoms with Gasteiger partial charge in [0.05, 0.1) is 0 Å². The van der Waals surface area contributed by atoms with Crippen molar-refractivity contribution in [3.05, 3.63) is 23.9 Å². The fourth-order valence-electron chi connectivity index (χ4n) is 1.99. The molecule has 0 aliphatic heterocycles. The first kappa shape index (κ1) is 18.9. The van der Waals surface area contributed by atoms with Crippen LogP contribution in [0.5, 0.6) is 0 Å². The number of aryl methyl sites for hydroxylation is 1. The van der Waals surface area contributed by atoms with Gasteiger partial charge in [-0.3, -0.25) is 9.59 Å². The summed E-state index contributed by atoms with van der Waals surface area (Å²) in [5, 5.41) is 8.61. The van der Waals surface area contributed by atoms with Crippen LogP contribution in [-0.4, -0.2) is 36.4 Å².